The molecule has 0 spiro atoms. The van der Waals surface area contributed by atoms with Crippen molar-refractivity contribution in [2.45, 2.75) is 6.10 Å². The van der Waals surface area contributed by atoms with E-state index in [4.69, 9.17) is 9.52 Å². The molecule has 3 aromatic rings. The van der Waals surface area contributed by atoms with Crippen LogP contribution in [0.4, 0.5) is 0 Å². The molecule has 1 atom stereocenters. The van der Waals surface area contributed by atoms with Crippen molar-refractivity contribution >= 4 is 11.6 Å². The van der Waals surface area contributed by atoms with Crippen molar-refractivity contribution in [1.29, 1.82) is 0 Å². The number of hydrogen-bond acceptors (Lipinski definition) is 4. The summed E-state index contributed by atoms with van der Waals surface area (Å²) >= 11 is 0. The number of fused-ring (bicyclic) bond motifs is 1. The third-order valence-corrected chi connectivity index (χ3v) is 2.77. The van der Waals surface area contributed by atoms with Crippen molar-refractivity contribution in [3.63, 3.8) is 0 Å². The van der Waals surface area contributed by atoms with Crippen LogP contribution in [0.2, 0.25) is 0 Å². The molecule has 6 nitrogen and oxygen atoms in total. The lowest BCUT2D eigenvalue weighted by Crippen LogP contribution is -1.98. The maximum Gasteiger partial charge on any atom is 0.371 e. The molecule has 19 heavy (non-hydrogen) atoms. The molecule has 0 aliphatic carbocycles. The van der Waals surface area contributed by atoms with Crippen molar-refractivity contribution in [3.05, 3.63) is 59.9 Å². The van der Waals surface area contributed by atoms with Crippen LogP contribution in [0.3, 0.4) is 0 Å². The molecule has 6 heteroatoms. The van der Waals surface area contributed by atoms with Gasteiger partial charge in [-0.25, -0.2) is 9.78 Å². The van der Waals surface area contributed by atoms with Crippen LogP contribution >= 0.6 is 0 Å². The minimum absolute atomic E-state index is 0.154. The quantitative estimate of drug-likeness (QED) is 0.746. The molecule has 0 amide bonds. The molecule has 0 saturated carbocycles. The van der Waals surface area contributed by atoms with Gasteiger partial charge in [-0.1, -0.05) is 6.07 Å². The number of aromatic carboxylic acids is 1. The normalized spacial score (nSPS) is 12.7. The second-order valence-corrected chi connectivity index (χ2v) is 4.04. The van der Waals surface area contributed by atoms with Gasteiger partial charge in [-0.3, -0.25) is 0 Å². The predicted octanol–water partition coefficient (Wildman–Crippen LogP) is 1.71. The van der Waals surface area contributed by atoms with Gasteiger partial charge in [-0.15, -0.1) is 0 Å². The van der Waals surface area contributed by atoms with Crippen LogP contribution in [0.5, 0.6) is 0 Å². The Morgan fingerprint density at radius 2 is 2.16 bits per heavy atom. The molecule has 0 aromatic carbocycles. The van der Waals surface area contributed by atoms with Gasteiger partial charge in [0.1, 0.15) is 11.4 Å². The summed E-state index contributed by atoms with van der Waals surface area (Å²) in [4.78, 5) is 15.0. The van der Waals surface area contributed by atoms with E-state index in [-0.39, 0.29) is 11.5 Å². The van der Waals surface area contributed by atoms with Crippen LogP contribution in [0.25, 0.3) is 5.65 Å². The first-order valence-electron chi connectivity index (χ1n) is 5.60. The molecule has 0 fully saturated rings. The van der Waals surface area contributed by atoms with Crippen molar-refractivity contribution in [2.75, 3.05) is 0 Å². The zero-order valence-corrected chi connectivity index (χ0v) is 9.72. The van der Waals surface area contributed by atoms with Crippen LogP contribution in [0.15, 0.2) is 47.1 Å². The topological polar surface area (TPSA) is 88.0 Å². The largest absolute Gasteiger partial charge is 0.475 e. The Bertz CT molecular complexity index is 711. The highest BCUT2D eigenvalue weighted by molar-refractivity contribution is 5.84. The van der Waals surface area contributed by atoms with Crippen molar-refractivity contribution < 1.29 is 19.4 Å². The fraction of sp³-hybridized carbons (Fsp3) is 0.0769. The van der Waals surface area contributed by atoms with Crippen LogP contribution in [-0.4, -0.2) is 25.6 Å². The smallest absolute Gasteiger partial charge is 0.371 e. The standard InChI is InChI=1S/C13H10N2O4/c16-12(9-4-5-10(19-9)13(17)18)8-7-15-6-2-1-3-11(15)14-8/h1-7,12,16H,(H,17,18). The number of furan rings is 1. The van der Waals surface area contributed by atoms with Gasteiger partial charge in [-0.2, -0.15) is 0 Å². The number of aliphatic hydroxyl groups is 1. The lowest BCUT2D eigenvalue weighted by atomic mass is 10.2. The van der Waals surface area contributed by atoms with Crippen LogP contribution in [-0.2, 0) is 0 Å². The Kier molecular flexibility index (Phi) is 2.57. The van der Waals surface area contributed by atoms with E-state index >= 15 is 0 Å². The summed E-state index contributed by atoms with van der Waals surface area (Å²) in [7, 11) is 0. The first kappa shape index (κ1) is 11.5. The first-order valence-corrected chi connectivity index (χ1v) is 5.60. The summed E-state index contributed by atoms with van der Waals surface area (Å²) in [6, 6.07) is 8.23. The van der Waals surface area contributed by atoms with Gasteiger partial charge in [-0.05, 0) is 24.3 Å². The van der Waals surface area contributed by atoms with E-state index in [1.165, 1.54) is 12.1 Å². The summed E-state index contributed by atoms with van der Waals surface area (Å²) in [5, 5.41) is 18.9. The highest BCUT2D eigenvalue weighted by atomic mass is 16.4. The van der Waals surface area contributed by atoms with Gasteiger partial charge >= 0.3 is 5.97 Å². The van der Waals surface area contributed by atoms with Crippen molar-refractivity contribution in [2.24, 2.45) is 0 Å². The van der Waals surface area contributed by atoms with Crippen molar-refractivity contribution in [1.82, 2.24) is 9.38 Å². The van der Waals surface area contributed by atoms with E-state index in [1.54, 1.807) is 16.7 Å². The van der Waals surface area contributed by atoms with E-state index < -0.39 is 12.1 Å². The van der Waals surface area contributed by atoms with Gasteiger partial charge in [0.05, 0.1) is 5.69 Å². The van der Waals surface area contributed by atoms with E-state index in [9.17, 15) is 9.90 Å². The van der Waals surface area contributed by atoms with Crippen LogP contribution < -0.4 is 0 Å². The highest BCUT2D eigenvalue weighted by Gasteiger charge is 2.19. The fourth-order valence-electron chi connectivity index (χ4n) is 1.85. The summed E-state index contributed by atoms with van der Waals surface area (Å²) in [6.07, 6.45) is 2.39. The summed E-state index contributed by atoms with van der Waals surface area (Å²) < 4.78 is 6.82. The Morgan fingerprint density at radius 1 is 1.32 bits per heavy atom. The van der Waals surface area contributed by atoms with Gasteiger partial charge in [0.2, 0.25) is 5.76 Å². The minimum atomic E-state index is -1.17. The lowest BCUT2D eigenvalue weighted by molar-refractivity contribution is 0.0654. The number of imidazole rings is 1. The second-order valence-electron chi connectivity index (χ2n) is 4.04. The summed E-state index contributed by atoms with van der Waals surface area (Å²) in [6.45, 7) is 0. The Hall–Kier alpha value is -2.60. The molecule has 2 N–H and O–H groups in total. The van der Waals surface area contributed by atoms with Crippen LogP contribution in [0, 0.1) is 0 Å². The molecular weight excluding hydrogens is 248 g/mol. The maximum atomic E-state index is 10.7. The van der Waals surface area contributed by atoms with Gasteiger partial charge in [0.25, 0.3) is 0 Å². The number of nitrogens with zero attached hydrogens (tertiary/aromatic N) is 2. The third-order valence-electron chi connectivity index (χ3n) is 2.77. The average molecular weight is 258 g/mol. The SMILES string of the molecule is O=C(O)c1ccc(C(O)c2cn3ccccc3n2)o1. The number of pyridine rings is 1. The molecule has 0 aliphatic heterocycles. The van der Waals surface area contributed by atoms with Crippen molar-refractivity contribution in [3.8, 4) is 0 Å². The molecule has 0 bridgehead atoms. The second kappa shape index (κ2) is 4.25. The molecular formula is C13H10N2O4. The lowest BCUT2D eigenvalue weighted by Gasteiger charge is -2.02. The highest BCUT2D eigenvalue weighted by Crippen LogP contribution is 2.23. The minimum Gasteiger partial charge on any atom is -0.475 e. The maximum absolute atomic E-state index is 10.7. The monoisotopic (exact) mass is 258 g/mol. The van der Waals surface area contributed by atoms with Crippen LogP contribution in [0.1, 0.15) is 28.1 Å². The summed E-state index contributed by atoms with van der Waals surface area (Å²) in [5.41, 5.74) is 1.10. The number of rotatable bonds is 3. The van der Waals surface area contributed by atoms with E-state index in [0.29, 0.717) is 11.3 Å². The third kappa shape index (κ3) is 1.98. The van der Waals surface area contributed by atoms with E-state index in [2.05, 4.69) is 4.98 Å². The first-order chi connectivity index (χ1) is 9.15. The fourth-order valence-corrected chi connectivity index (χ4v) is 1.85. The Balaban J connectivity index is 1.97. The zero-order valence-electron chi connectivity index (χ0n) is 9.72. The van der Waals surface area contributed by atoms with E-state index in [0.717, 1.165) is 0 Å². The number of aromatic nitrogens is 2. The van der Waals surface area contributed by atoms with Gasteiger partial charge in [0.15, 0.2) is 6.10 Å². The zero-order chi connectivity index (χ0) is 13.4. The molecule has 96 valence electrons. The molecule has 0 aliphatic rings. The molecule has 0 saturated heterocycles. The average Bonchev–Trinajstić information content (AvgIpc) is 3.04. The van der Waals surface area contributed by atoms with E-state index in [1.807, 2.05) is 18.3 Å². The Morgan fingerprint density at radius 3 is 2.84 bits per heavy atom. The number of carbonyl (C=O) groups is 1. The number of carboxylic acid groups (broad SMARTS) is 1. The van der Waals surface area contributed by atoms with Gasteiger partial charge < -0.3 is 19.0 Å². The number of carboxylic acids is 1. The Labute approximate surface area is 107 Å². The number of hydrogen-bond donors (Lipinski definition) is 2. The molecule has 3 rings (SSSR count). The summed E-state index contributed by atoms with van der Waals surface area (Å²) in [5.74, 6) is -1.23. The molecule has 3 heterocycles. The molecule has 1 unspecified atom stereocenters. The molecule has 3 aromatic heterocycles. The number of aliphatic hydroxyl groups excluding tert-OH is 1. The predicted molar refractivity (Wildman–Crippen MR) is 64.9 cm³/mol. The molecule has 0 radical (unpaired) electrons. The van der Waals surface area contributed by atoms with Gasteiger partial charge in [0, 0.05) is 12.4 Å².